The van der Waals surface area contributed by atoms with Crippen molar-refractivity contribution in [3.8, 4) is 0 Å². The number of nitrogens with zero attached hydrogens (tertiary/aromatic N) is 2. The summed E-state index contributed by atoms with van der Waals surface area (Å²) >= 11 is 0. The maximum Gasteiger partial charge on any atom is 0.112 e. The molecule has 1 aliphatic carbocycles. The Balaban J connectivity index is 2.08. The first-order valence-corrected chi connectivity index (χ1v) is 5.67. The van der Waals surface area contributed by atoms with Crippen LogP contribution < -0.4 is 0 Å². The van der Waals surface area contributed by atoms with Gasteiger partial charge in [0.25, 0.3) is 0 Å². The van der Waals surface area contributed by atoms with Crippen molar-refractivity contribution in [1.29, 1.82) is 0 Å². The van der Waals surface area contributed by atoms with Crippen molar-refractivity contribution in [2.45, 2.75) is 45.3 Å². The summed E-state index contributed by atoms with van der Waals surface area (Å²) in [7, 11) is 0. The molecule has 3 nitrogen and oxygen atoms in total. The molecule has 0 bridgehead atoms. The SMILES string of the molecule is CCn1ccnc1CC1=CC(O)CCC1. The van der Waals surface area contributed by atoms with Gasteiger partial charge in [0.15, 0.2) is 0 Å². The summed E-state index contributed by atoms with van der Waals surface area (Å²) in [5.74, 6) is 1.11. The Morgan fingerprint density at radius 2 is 2.47 bits per heavy atom. The smallest absolute Gasteiger partial charge is 0.112 e. The molecule has 1 unspecified atom stereocenters. The van der Waals surface area contributed by atoms with Crippen LogP contribution in [0.5, 0.6) is 0 Å². The second-order valence-corrected chi connectivity index (χ2v) is 4.09. The molecule has 82 valence electrons. The lowest BCUT2D eigenvalue weighted by Crippen LogP contribution is -2.11. The minimum absolute atomic E-state index is 0.237. The van der Waals surface area contributed by atoms with Crippen LogP contribution in [0.3, 0.4) is 0 Å². The highest BCUT2D eigenvalue weighted by Crippen LogP contribution is 2.20. The zero-order chi connectivity index (χ0) is 10.7. The average molecular weight is 206 g/mol. The number of rotatable bonds is 3. The first-order chi connectivity index (χ1) is 7.29. The number of allylic oxidation sites excluding steroid dienone is 1. The molecule has 3 heteroatoms. The zero-order valence-electron chi connectivity index (χ0n) is 9.19. The summed E-state index contributed by atoms with van der Waals surface area (Å²) in [6.07, 6.45) is 9.61. The van der Waals surface area contributed by atoms with Crippen LogP contribution in [0.15, 0.2) is 24.0 Å². The Morgan fingerprint density at radius 3 is 3.20 bits per heavy atom. The fraction of sp³-hybridized carbons (Fsp3) is 0.583. The van der Waals surface area contributed by atoms with E-state index in [0.717, 1.165) is 38.1 Å². The molecule has 1 aromatic heterocycles. The Kier molecular flexibility index (Phi) is 3.21. The first-order valence-electron chi connectivity index (χ1n) is 5.67. The van der Waals surface area contributed by atoms with Crippen LogP contribution in [0.25, 0.3) is 0 Å². The maximum atomic E-state index is 9.53. The molecule has 0 fully saturated rings. The average Bonchev–Trinajstić information content (AvgIpc) is 2.65. The van der Waals surface area contributed by atoms with Crippen molar-refractivity contribution in [2.75, 3.05) is 0 Å². The molecule has 0 saturated carbocycles. The summed E-state index contributed by atoms with van der Waals surface area (Å²) in [5.41, 5.74) is 1.33. The summed E-state index contributed by atoms with van der Waals surface area (Å²) in [6.45, 7) is 3.08. The van der Waals surface area contributed by atoms with Crippen molar-refractivity contribution in [3.05, 3.63) is 29.9 Å². The highest BCUT2D eigenvalue weighted by molar-refractivity contribution is 5.14. The van der Waals surface area contributed by atoms with Gasteiger partial charge in [0.1, 0.15) is 5.82 Å². The third-order valence-electron chi connectivity index (χ3n) is 2.95. The molecule has 1 heterocycles. The van der Waals surface area contributed by atoms with Crippen LogP contribution in [0, 0.1) is 0 Å². The predicted octanol–water partition coefficient (Wildman–Crippen LogP) is 1.92. The highest BCUT2D eigenvalue weighted by Gasteiger charge is 2.12. The quantitative estimate of drug-likeness (QED) is 0.767. The lowest BCUT2D eigenvalue weighted by atomic mass is 9.95. The van der Waals surface area contributed by atoms with E-state index in [9.17, 15) is 5.11 Å². The molecule has 2 rings (SSSR count). The normalized spacial score (nSPS) is 21.5. The van der Waals surface area contributed by atoms with Gasteiger partial charge in [-0.1, -0.05) is 11.6 Å². The van der Waals surface area contributed by atoms with E-state index in [1.807, 2.05) is 18.5 Å². The molecule has 1 aliphatic rings. The topological polar surface area (TPSA) is 38.0 Å². The van der Waals surface area contributed by atoms with Crippen LogP contribution in [0.1, 0.15) is 32.0 Å². The van der Waals surface area contributed by atoms with E-state index in [1.165, 1.54) is 5.57 Å². The molecule has 0 amide bonds. The van der Waals surface area contributed by atoms with Gasteiger partial charge >= 0.3 is 0 Å². The first kappa shape index (κ1) is 10.4. The predicted molar refractivity (Wildman–Crippen MR) is 59.5 cm³/mol. The Morgan fingerprint density at radius 1 is 1.60 bits per heavy atom. The molecule has 0 aromatic carbocycles. The van der Waals surface area contributed by atoms with Gasteiger partial charge in [-0.3, -0.25) is 0 Å². The summed E-state index contributed by atoms with van der Waals surface area (Å²) in [5, 5.41) is 9.53. The minimum atomic E-state index is -0.237. The number of hydrogen-bond donors (Lipinski definition) is 1. The molecule has 0 spiro atoms. The number of aromatic nitrogens is 2. The Labute approximate surface area is 90.5 Å². The molecule has 0 saturated heterocycles. The Bertz CT molecular complexity index is 354. The summed E-state index contributed by atoms with van der Waals surface area (Å²) in [6, 6.07) is 0. The number of imidazole rings is 1. The van der Waals surface area contributed by atoms with Crippen molar-refractivity contribution in [3.63, 3.8) is 0 Å². The van der Waals surface area contributed by atoms with Gasteiger partial charge in [0.05, 0.1) is 6.10 Å². The molecule has 15 heavy (non-hydrogen) atoms. The highest BCUT2D eigenvalue weighted by atomic mass is 16.3. The number of aliphatic hydroxyl groups excluding tert-OH is 1. The summed E-state index contributed by atoms with van der Waals surface area (Å²) in [4.78, 5) is 4.35. The van der Waals surface area contributed by atoms with Crippen molar-refractivity contribution >= 4 is 0 Å². The van der Waals surface area contributed by atoms with Crippen LogP contribution in [-0.2, 0) is 13.0 Å². The second-order valence-electron chi connectivity index (χ2n) is 4.09. The molecule has 1 aromatic rings. The van der Waals surface area contributed by atoms with Gasteiger partial charge in [0, 0.05) is 25.4 Å². The van der Waals surface area contributed by atoms with Crippen LogP contribution in [-0.4, -0.2) is 20.8 Å². The lowest BCUT2D eigenvalue weighted by molar-refractivity contribution is 0.201. The molecule has 1 atom stereocenters. The van der Waals surface area contributed by atoms with E-state index in [1.54, 1.807) is 0 Å². The van der Waals surface area contributed by atoms with E-state index >= 15 is 0 Å². The van der Waals surface area contributed by atoms with E-state index in [-0.39, 0.29) is 6.10 Å². The van der Waals surface area contributed by atoms with E-state index in [0.29, 0.717) is 0 Å². The van der Waals surface area contributed by atoms with Gasteiger partial charge in [0.2, 0.25) is 0 Å². The number of aliphatic hydroxyl groups is 1. The van der Waals surface area contributed by atoms with Crippen molar-refractivity contribution in [2.24, 2.45) is 0 Å². The standard InChI is InChI=1S/C12H18N2O/c1-2-14-7-6-13-12(14)9-10-4-3-5-11(15)8-10/h6-8,11,15H,2-5,9H2,1H3. The fourth-order valence-electron chi connectivity index (χ4n) is 2.12. The zero-order valence-corrected chi connectivity index (χ0v) is 9.19. The molecule has 0 radical (unpaired) electrons. The molecule has 1 N–H and O–H groups in total. The van der Waals surface area contributed by atoms with Gasteiger partial charge in [-0.05, 0) is 26.2 Å². The van der Waals surface area contributed by atoms with Crippen molar-refractivity contribution in [1.82, 2.24) is 9.55 Å². The maximum absolute atomic E-state index is 9.53. The monoisotopic (exact) mass is 206 g/mol. The van der Waals surface area contributed by atoms with E-state index < -0.39 is 0 Å². The van der Waals surface area contributed by atoms with E-state index in [2.05, 4.69) is 16.5 Å². The van der Waals surface area contributed by atoms with Gasteiger partial charge in [-0.15, -0.1) is 0 Å². The molecular formula is C12H18N2O. The van der Waals surface area contributed by atoms with Gasteiger partial charge in [-0.25, -0.2) is 4.98 Å². The van der Waals surface area contributed by atoms with Gasteiger partial charge < -0.3 is 9.67 Å². The number of aryl methyl sites for hydroxylation is 1. The molecule has 0 aliphatic heterocycles. The van der Waals surface area contributed by atoms with Crippen molar-refractivity contribution < 1.29 is 5.11 Å². The van der Waals surface area contributed by atoms with Crippen LogP contribution in [0.2, 0.25) is 0 Å². The third-order valence-corrected chi connectivity index (χ3v) is 2.95. The largest absolute Gasteiger partial charge is 0.389 e. The van der Waals surface area contributed by atoms with Gasteiger partial charge in [-0.2, -0.15) is 0 Å². The third kappa shape index (κ3) is 2.48. The van der Waals surface area contributed by atoms with Crippen LogP contribution >= 0.6 is 0 Å². The van der Waals surface area contributed by atoms with Crippen LogP contribution in [0.4, 0.5) is 0 Å². The molecular weight excluding hydrogens is 188 g/mol. The van der Waals surface area contributed by atoms with E-state index in [4.69, 9.17) is 0 Å². The summed E-state index contributed by atoms with van der Waals surface area (Å²) < 4.78 is 2.15. The number of hydrogen-bond acceptors (Lipinski definition) is 2. The minimum Gasteiger partial charge on any atom is -0.389 e. The fourth-order valence-corrected chi connectivity index (χ4v) is 2.12. The Hall–Kier alpha value is -1.09. The lowest BCUT2D eigenvalue weighted by Gasteiger charge is -2.17. The second kappa shape index (κ2) is 4.62.